The Hall–Kier alpha value is -0.820. The summed E-state index contributed by atoms with van der Waals surface area (Å²) in [7, 11) is 0. The maximum absolute atomic E-state index is 3.72. The maximum atomic E-state index is 3.72. The summed E-state index contributed by atoms with van der Waals surface area (Å²) in [6, 6.07) is 7.01. The third-order valence-corrected chi connectivity index (χ3v) is 4.63. The molecule has 0 saturated heterocycles. The molecule has 1 fully saturated rings. The highest BCUT2D eigenvalue weighted by atomic mass is 14.9. The Morgan fingerprint density at radius 3 is 2.45 bits per heavy atom. The lowest BCUT2D eigenvalue weighted by Crippen LogP contribution is -2.41. The van der Waals surface area contributed by atoms with Crippen molar-refractivity contribution < 1.29 is 0 Å². The number of hydrogen-bond acceptors (Lipinski definition) is 1. The largest absolute Gasteiger partial charge is 0.312 e. The zero-order valence-corrected chi connectivity index (χ0v) is 13.9. The first kappa shape index (κ1) is 15.6. The van der Waals surface area contributed by atoms with Crippen molar-refractivity contribution in [3.63, 3.8) is 0 Å². The van der Waals surface area contributed by atoms with Gasteiger partial charge in [-0.2, -0.15) is 0 Å². The van der Waals surface area contributed by atoms with Gasteiger partial charge in [0.15, 0.2) is 0 Å². The second-order valence-corrected chi connectivity index (χ2v) is 7.64. The summed E-state index contributed by atoms with van der Waals surface area (Å²) < 4.78 is 0. The predicted molar refractivity (Wildman–Crippen MR) is 88.4 cm³/mol. The van der Waals surface area contributed by atoms with Gasteiger partial charge in [-0.3, -0.25) is 0 Å². The van der Waals surface area contributed by atoms with Crippen LogP contribution in [0.1, 0.15) is 69.1 Å². The highest BCUT2D eigenvalue weighted by molar-refractivity contribution is 5.33. The maximum Gasteiger partial charge on any atom is 0.00966 e. The Morgan fingerprint density at radius 1 is 1.10 bits per heavy atom. The number of hydrogen-bond donors (Lipinski definition) is 1. The Morgan fingerprint density at radius 2 is 1.80 bits per heavy atom. The van der Waals surface area contributed by atoms with Crippen molar-refractivity contribution in [2.75, 3.05) is 6.54 Å². The standard InChI is InChI=1S/C19H31N/c1-14-10-11-17(15(2)12-14)18-9-7-6-8-16(18)13-20-19(3,4)5/h10-12,16,18,20H,6-9,13H2,1-5H3. The van der Waals surface area contributed by atoms with Crippen LogP contribution in [0.15, 0.2) is 18.2 Å². The van der Waals surface area contributed by atoms with Gasteiger partial charge in [-0.15, -0.1) is 0 Å². The fraction of sp³-hybridized carbons (Fsp3) is 0.684. The number of nitrogens with one attached hydrogen (secondary N) is 1. The third kappa shape index (κ3) is 4.09. The van der Waals surface area contributed by atoms with Crippen molar-refractivity contribution in [1.82, 2.24) is 5.32 Å². The van der Waals surface area contributed by atoms with Gasteiger partial charge in [0, 0.05) is 5.54 Å². The number of benzene rings is 1. The molecule has 112 valence electrons. The van der Waals surface area contributed by atoms with Crippen molar-refractivity contribution in [1.29, 1.82) is 0 Å². The first-order chi connectivity index (χ1) is 9.37. The van der Waals surface area contributed by atoms with Crippen molar-refractivity contribution >= 4 is 0 Å². The molecular weight excluding hydrogens is 242 g/mol. The zero-order valence-electron chi connectivity index (χ0n) is 13.9. The summed E-state index contributed by atoms with van der Waals surface area (Å²) >= 11 is 0. The van der Waals surface area contributed by atoms with Crippen LogP contribution >= 0.6 is 0 Å². The first-order valence-electron chi connectivity index (χ1n) is 8.19. The molecule has 1 saturated carbocycles. The second-order valence-electron chi connectivity index (χ2n) is 7.64. The fourth-order valence-electron chi connectivity index (χ4n) is 3.54. The minimum absolute atomic E-state index is 0.227. The van der Waals surface area contributed by atoms with Crippen LogP contribution in [0.4, 0.5) is 0 Å². The molecule has 0 amide bonds. The molecule has 1 aliphatic carbocycles. The number of aryl methyl sites for hydroxylation is 2. The molecule has 0 heterocycles. The minimum Gasteiger partial charge on any atom is -0.312 e. The Bertz CT molecular complexity index is 442. The quantitative estimate of drug-likeness (QED) is 0.820. The van der Waals surface area contributed by atoms with Gasteiger partial charge in [0.25, 0.3) is 0 Å². The van der Waals surface area contributed by atoms with E-state index in [1.54, 1.807) is 5.56 Å². The highest BCUT2D eigenvalue weighted by Crippen LogP contribution is 2.39. The fourth-order valence-corrected chi connectivity index (χ4v) is 3.54. The highest BCUT2D eigenvalue weighted by Gasteiger charge is 2.28. The molecule has 1 aromatic rings. The van der Waals surface area contributed by atoms with Crippen LogP contribution in [-0.2, 0) is 0 Å². The summed E-state index contributed by atoms with van der Waals surface area (Å²) in [5.74, 6) is 1.54. The van der Waals surface area contributed by atoms with E-state index in [1.165, 1.54) is 36.8 Å². The van der Waals surface area contributed by atoms with Gasteiger partial charge in [-0.05, 0) is 77.0 Å². The molecule has 1 aromatic carbocycles. The topological polar surface area (TPSA) is 12.0 Å². The summed E-state index contributed by atoms with van der Waals surface area (Å²) in [6.45, 7) is 12.4. The van der Waals surface area contributed by atoms with Crippen LogP contribution in [0, 0.1) is 19.8 Å². The van der Waals surface area contributed by atoms with Crippen molar-refractivity contribution in [2.45, 2.75) is 71.8 Å². The average molecular weight is 273 g/mol. The van der Waals surface area contributed by atoms with Crippen LogP contribution in [0.5, 0.6) is 0 Å². The molecule has 2 rings (SSSR count). The van der Waals surface area contributed by atoms with E-state index < -0.39 is 0 Å². The van der Waals surface area contributed by atoms with Gasteiger partial charge >= 0.3 is 0 Å². The van der Waals surface area contributed by atoms with Gasteiger partial charge in [-0.1, -0.05) is 36.6 Å². The van der Waals surface area contributed by atoms with Crippen molar-refractivity contribution in [3.05, 3.63) is 34.9 Å². The summed E-state index contributed by atoms with van der Waals surface area (Å²) in [4.78, 5) is 0. The van der Waals surface area contributed by atoms with E-state index in [1.807, 2.05) is 0 Å². The molecule has 1 aliphatic rings. The van der Waals surface area contributed by atoms with Crippen molar-refractivity contribution in [3.8, 4) is 0 Å². The van der Waals surface area contributed by atoms with Crippen LogP contribution < -0.4 is 5.32 Å². The molecule has 1 nitrogen and oxygen atoms in total. The Labute approximate surface area is 125 Å². The monoisotopic (exact) mass is 273 g/mol. The predicted octanol–water partition coefficient (Wildman–Crippen LogP) is 4.97. The molecule has 1 N–H and O–H groups in total. The van der Waals surface area contributed by atoms with Gasteiger partial charge in [0.1, 0.15) is 0 Å². The average Bonchev–Trinajstić information content (AvgIpc) is 2.36. The summed E-state index contributed by atoms with van der Waals surface area (Å²) in [6.07, 6.45) is 5.53. The molecule has 2 unspecified atom stereocenters. The van der Waals surface area contributed by atoms with E-state index in [0.717, 1.165) is 18.4 Å². The van der Waals surface area contributed by atoms with Crippen LogP contribution in [0.2, 0.25) is 0 Å². The van der Waals surface area contributed by atoms with E-state index >= 15 is 0 Å². The van der Waals surface area contributed by atoms with Crippen LogP contribution in [0.25, 0.3) is 0 Å². The van der Waals surface area contributed by atoms with Gasteiger partial charge in [0.2, 0.25) is 0 Å². The lowest BCUT2D eigenvalue weighted by molar-refractivity contribution is 0.269. The van der Waals surface area contributed by atoms with E-state index in [2.05, 4.69) is 58.1 Å². The molecule has 0 radical (unpaired) electrons. The van der Waals surface area contributed by atoms with Gasteiger partial charge in [0.05, 0.1) is 0 Å². The molecule has 0 aromatic heterocycles. The lowest BCUT2D eigenvalue weighted by Gasteiger charge is -2.35. The smallest absolute Gasteiger partial charge is 0.00966 e. The molecule has 0 spiro atoms. The summed E-state index contributed by atoms with van der Waals surface area (Å²) in [5.41, 5.74) is 4.68. The van der Waals surface area contributed by atoms with Crippen molar-refractivity contribution in [2.24, 2.45) is 5.92 Å². The Balaban J connectivity index is 2.14. The van der Waals surface area contributed by atoms with Gasteiger partial charge < -0.3 is 5.32 Å². The second kappa shape index (κ2) is 6.30. The molecular formula is C19H31N. The molecule has 1 heteroatoms. The van der Waals surface area contributed by atoms with Crippen LogP contribution in [0.3, 0.4) is 0 Å². The van der Waals surface area contributed by atoms with Crippen LogP contribution in [-0.4, -0.2) is 12.1 Å². The molecule has 2 atom stereocenters. The van der Waals surface area contributed by atoms with E-state index in [9.17, 15) is 0 Å². The molecule has 0 aliphatic heterocycles. The van der Waals surface area contributed by atoms with E-state index in [0.29, 0.717) is 0 Å². The summed E-state index contributed by atoms with van der Waals surface area (Å²) in [5, 5.41) is 3.72. The lowest BCUT2D eigenvalue weighted by atomic mass is 9.74. The zero-order chi connectivity index (χ0) is 14.8. The van der Waals surface area contributed by atoms with E-state index in [-0.39, 0.29) is 5.54 Å². The molecule has 0 bridgehead atoms. The third-order valence-electron chi connectivity index (χ3n) is 4.63. The molecule has 20 heavy (non-hydrogen) atoms. The first-order valence-corrected chi connectivity index (χ1v) is 8.19. The number of rotatable bonds is 3. The Kier molecular flexibility index (Phi) is 4.90. The van der Waals surface area contributed by atoms with Gasteiger partial charge in [-0.25, -0.2) is 0 Å². The SMILES string of the molecule is Cc1ccc(C2CCCCC2CNC(C)(C)C)c(C)c1. The normalized spacial score (nSPS) is 23.9. The minimum atomic E-state index is 0.227. The van der Waals surface area contributed by atoms with E-state index in [4.69, 9.17) is 0 Å².